The predicted molar refractivity (Wildman–Crippen MR) is 114 cm³/mol. The summed E-state index contributed by atoms with van der Waals surface area (Å²) in [5.74, 6) is 0.0424. The highest BCUT2D eigenvalue weighted by atomic mass is 16.7. The van der Waals surface area contributed by atoms with Crippen molar-refractivity contribution in [3.63, 3.8) is 0 Å². The van der Waals surface area contributed by atoms with Crippen molar-refractivity contribution in [1.29, 1.82) is 0 Å². The van der Waals surface area contributed by atoms with Crippen LogP contribution in [0.5, 0.6) is 11.5 Å². The molecule has 7 nitrogen and oxygen atoms in total. The molecule has 0 saturated heterocycles. The highest BCUT2D eigenvalue weighted by Crippen LogP contribution is 2.17. The maximum absolute atomic E-state index is 12.2. The Hall–Kier alpha value is -3.35. The van der Waals surface area contributed by atoms with Crippen molar-refractivity contribution < 1.29 is 33.3 Å². The van der Waals surface area contributed by atoms with E-state index in [9.17, 15) is 14.4 Å². The standard InChI is InChI=1S/C24H28O7/c1-3-22(25)28-16-6-4-5-7-17-29-24(27)31-21-14-10-19(11-15-21)23(26)30-20-12-8-18(2)9-13-20/h8-15H,3-7,16-17H2,1-2H3. The van der Waals surface area contributed by atoms with Crippen molar-refractivity contribution in [2.24, 2.45) is 0 Å². The summed E-state index contributed by atoms with van der Waals surface area (Å²) >= 11 is 0. The maximum atomic E-state index is 12.2. The number of unbranched alkanes of at least 4 members (excludes halogenated alkanes) is 3. The lowest BCUT2D eigenvalue weighted by molar-refractivity contribution is -0.143. The first-order valence-corrected chi connectivity index (χ1v) is 10.4. The third-order valence-electron chi connectivity index (χ3n) is 4.33. The van der Waals surface area contributed by atoms with Crippen LogP contribution in [0, 0.1) is 6.92 Å². The minimum Gasteiger partial charge on any atom is -0.466 e. The molecule has 0 aliphatic carbocycles. The van der Waals surface area contributed by atoms with Crippen molar-refractivity contribution in [2.45, 2.75) is 46.0 Å². The van der Waals surface area contributed by atoms with Gasteiger partial charge in [-0.2, -0.15) is 0 Å². The number of carbonyl (C=O) groups excluding carboxylic acids is 3. The normalized spacial score (nSPS) is 10.3. The average Bonchev–Trinajstić information content (AvgIpc) is 2.77. The van der Waals surface area contributed by atoms with Crippen LogP contribution in [0.15, 0.2) is 48.5 Å². The second-order valence-corrected chi connectivity index (χ2v) is 6.92. The molecule has 0 aromatic heterocycles. The van der Waals surface area contributed by atoms with Gasteiger partial charge < -0.3 is 18.9 Å². The van der Waals surface area contributed by atoms with Gasteiger partial charge in [-0.3, -0.25) is 4.79 Å². The van der Waals surface area contributed by atoms with E-state index in [1.165, 1.54) is 24.3 Å². The maximum Gasteiger partial charge on any atom is 0.513 e. The Kier molecular flexibility index (Phi) is 10.1. The topological polar surface area (TPSA) is 88.1 Å². The fraction of sp³-hybridized carbons (Fsp3) is 0.375. The van der Waals surface area contributed by atoms with E-state index in [1.807, 2.05) is 19.1 Å². The molecule has 7 heteroatoms. The van der Waals surface area contributed by atoms with Gasteiger partial charge in [0.25, 0.3) is 0 Å². The minimum absolute atomic E-state index is 0.192. The number of rotatable bonds is 11. The molecule has 2 rings (SSSR count). The molecular weight excluding hydrogens is 400 g/mol. The lowest BCUT2D eigenvalue weighted by Crippen LogP contribution is -2.12. The van der Waals surface area contributed by atoms with Gasteiger partial charge in [0.2, 0.25) is 0 Å². The molecule has 0 radical (unpaired) electrons. The van der Waals surface area contributed by atoms with Gasteiger partial charge in [-0.25, -0.2) is 9.59 Å². The third kappa shape index (κ3) is 9.33. The van der Waals surface area contributed by atoms with Crippen molar-refractivity contribution >= 4 is 18.1 Å². The van der Waals surface area contributed by atoms with Gasteiger partial charge >= 0.3 is 18.1 Å². The molecule has 0 aliphatic heterocycles. The molecule has 2 aromatic carbocycles. The Labute approximate surface area is 182 Å². The zero-order chi connectivity index (χ0) is 22.5. The number of esters is 2. The van der Waals surface area contributed by atoms with Crippen LogP contribution in [0.4, 0.5) is 4.79 Å². The lowest BCUT2D eigenvalue weighted by atomic mass is 10.2. The number of hydrogen-bond acceptors (Lipinski definition) is 7. The van der Waals surface area contributed by atoms with Crippen LogP contribution in [0.1, 0.15) is 54.9 Å². The Morgan fingerprint density at radius 3 is 1.87 bits per heavy atom. The molecule has 0 amide bonds. The molecule has 0 heterocycles. The van der Waals surface area contributed by atoms with Gasteiger partial charge in [0.15, 0.2) is 0 Å². The van der Waals surface area contributed by atoms with Crippen LogP contribution < -0.4 is 9.47 Å². The molecule has 0 N–H and O–H groups in total. The fourth-order valence-corrected chi connectivity index (χ4v) is 2.56. The van der Waals surface area contributed by atoms with Gasteiger partial charge in [-0.05, 0) is 69.0 Å². The number of benzene rings is 2. The summed E-state index contributed by atoms with van der Waals surface area (Å²) in [6, 6.07) is 13.2. The zero-order valence-corrected chi connectivity index (χ0v) is 17.9. The number of carbonyl (C=O) groups is 3. The Bertz CT molecular complexity index is 841. The highest BCUT2D eigenvalue weighted by molar-refractivity contribution is 5.91. The van der Waals surface area contributed by atoms with Crippen molar-refractivity contribution in [2.75, 3.05) is 13.2 Å². The first-order valence-electron chi connectivity index (χ1n) is 10.4. The second kappa shape index (κ2) is 13.1. The molecule has 0 atom stereocenters. The van der Waals surface area contributed by atoms with Gasteiger partial charge in [-0.15, -0.1) is 0 Å². The molecule has 0 aliphatic rings. The first-order chi connectivity index (χ1) is 15.0. The highest BCUT2D eigenvalue weighted by Gasteiger charge is 2.11. The molecule has 2 aromatic rings. The molecule has 0 fully saturated rings. The summed E-state index contributed by atoms with van der Waals surface area (Å²) in [7, 11) is 0. The van der Waals surface area contributed by atoms with E-state index in [2.05, 4.69) is 0 Å². The minimum atomic E-state index is -0.799. The van der Waals surface area contributed by atoms with Crippen LogP contribution in [0.2, 0.25) is 0 Å². The van der Waals surface area contributed by atoms with Crippen LogP contribution in [-0.4, -0.2) is 31.3 Å². The van der Waals surface area contributed by atoms with Gasteiger partial charge in [0.1, 0.15) is 11.5 Å². The van der Waals surface area contributed by atoms with Gasteiger partial charge in [0, 0.05) is 6.42 Å². The molecule has 0 saturated carbocycles. The summed E-state index contributed by atoms with van der Waals surface area (Å²) in [6.07, 6.45) is 2.81. The molecule has 0 spiro atoms. The van der Waals surface area contributed by atoms with E-state index in [1.54, 1.807) is 19.1 Å². The summed E-state index contributed by atoms with van der Waals surface area (Å²) in [5, 5.41) is 0. The molecule has 166 valence electrons. The van der Waals surface area contributed by atoms with E-state index in [0.29, 0.717) is 30.8 Å². The summed E-state index contributed by atoms with van der Waals surface area (Å²) in [5.41, 5.74) is 1.41. The van der Waals surface area contributed by atoms with Gasteiger partial charge in [0.05, 0.1) is 18.8 Å². The second-order valence-electron chi connectivity index (χ2n) is 6.92. The van der Waals surface area contributed by atoms with E-state index in [-0.39, 0.29) is 18.3 Å². The number of hydrogen-bond donors (Lipinski definition) is 0. The van der Waals surface area contributed by atoms with Gasteiger partial charge in [-0.1, -0.05) is 24.6 Å². The average molecular weight is 428 g/mol. The van der Waals surface area contributed by atoms with Crippen LogP contribution >= 0.6 is 0 Å². The fourth-order valence-electron chi connectivity index (χ4n) is 2.56. The van der Waals surface area contributed by atoms with Crippen molar-refractivity contribution in [3.05, 3.63) is 59.7 Å². The van der Waals surface area contributed by atoms with Crippen molar-refractivity contribution in [3.8, 4) is 11.5 Å². The van der Waals surface area contributed by atoms with Crippen LogP contribution in [0.25, 0.3) is 0 Å². The number of ether oxygens (including phenoxy) is 4. The van der Waals surface area contributed by atoms with E-state index in [0.717, 1.165) is 24.8 Å². The lowest BCUT2D eigenvalue weighted by Gasteiger charge is -2.07. The van der Waals surface area contributed by atoms with E-state index < -0.39 is 12.1 Å². The van der Waals surface area contributed by atoms with E-state index in [4.69, 9.17) is 18.9 Å². The molecule has 0 bridgehead atoms. The Morgan fingerprint density at radius 2 is 1.26 bits per heavy atom. The third-order valence-corrected chi connectivity index (χ3v) is 4.33. The zero-order valence-electron chi connectivity index (χ0n) is 17.9. The van der Waals surface area contributed by atoms with E-state index >= 15 is 0 Å². The van der Waals surface area contributed by atoms with Crippen LogP contribution in [-0.2, 0) is 14.3 Å². The molecular formula is C24H28O7. The monoisotopic (exact) mass is 428 g/mol. The number of aryl methyl sites for hydroxylation is 1. The SMILES string of the molecule is CCC(=O)OCCCCCCOC(=O)Oc1ccc(C(=O)Oc2ccc(C)cc2)cc1. The smallest absolute Gasteiger partial charge is 0.466 e. The predicted octanol–water partition coefficient (Wildman–Crippen LogP) is 5.24. The quantitative estimate of drug-likeness (QED) is 0.209. The summed E-state index contributed by atoms with van der Waals surface area (Å²) in [4.78, 5) is 34.9. The summed E-state index contributed by atoms with van der Waals surface area (Å²) < 4.78 is 20.4. The first kappa shape index (κ1) is 23.9. The van der Waals surface area contributed by atoms with Crippen LogP contribution in [0.3, 0.4) is 0 Å². The summed E-state index contributed by atoms with van der Waals surface area (Å²) in [6.45, 7) is 4.37. The molecule has 0 unspecified atom stereocenters. The Morgan fingerprint density at radius 1 is 0.710 bits per heavy atom. The Balaban J connectivity index is 1.63. The molecule has 31 heavy (non-hydrogen) atoms. The van der Waals surface area contributed by atoms with Crippen molar-refractivity contribution in [1.82, 2.24) is 0 Å². The largest absolute Gasteiger partial charge is 0.513 e.